The lowest BCUT2D eigenvalue weighted by molar-refractivity contribution is -0.123. The minimum absolute atomic E-state index is 0.273. The molecule has 0 unspecified atom stereocenters. The van der Waals surface area contributed by atoms with Gasteiger partial charge in [-0.25, -0.2) is 4.79 Å². The second-order valence-electron chi connectivity index (χ2n) is 8.17. The second kappa shape index (κ2) is 11.7. The highest BCUT2D eigenvalue weighted by atomic mass is 16.6. The molecule has 0 aliphatic heterocycles. The summed E-state index contributed by atoms with van der Waals surface area (Å²) in [6.07, 6.45) is 0.359. The smallest absolute Gasteiger partial charge is 0.407 e. The lowest BCUT2D eigenvalue weighted by atomic mass is 10.1. The molecular formula is C24H31N3O4. The zero-order valence-electron chi connectivity index (χ0n) is 18.3. The predicted molar refractivity (Wildman–Crippen MR) is 119 cm³/mol. The minimum Gasteiger partial charge on any atom is -0.444 e. The van der Waals surface area contributed by atoms with Gasteiger partial charge in [-0.05, 0) is 51.3 Å². The van der Waals surface area contributed by atoms with Crippen molar-refractivity contribution in [1.82, 2.24) is 16.0 Å². The zero-order valence-corrected chi connectivity index (χ0v) is 18.3. The number of benzene rings is 2. The maximum atomic E-state index is 12.8. The first-order chi connectivity index (χ1) is 14.7. The molecule has 0 aliphatic rings. The van der Waals surface area contributed by atoms with E-state index in [1.807, 2.05) is 36.4 Å². The minimum atomic E-state index is -0.725. The van der Waals surface area contributed by atoms with Crippen LogP contribution in [0.4, 0.5) is 4.79 Å². The molecule has 31 heavy (non-hydrogen) atoms. The Kier molecular flexibility index (Phi) is 9.06. The first-order valence-corrected chi connectivity index (χ1v) is 10.4. The number of carbonyl (C=O) groups excluding carboxylic acids is 3. The number of alkyl carbamates (subject to hydrolysis) is 1. The first-order valence-electron chi connectivity index (χ1n) is 10.4. The number of hydrogen-bond acceptors (Lipinski definition) is 4. The lowest BCUT2D eigenvalue weighted by Crippen LogP contribution is -2.47. The highest BCUT2D eigenvalue weighted by Gasteiger charge is 2.21. The molecule has 166 valence electrons. The Morgan fingerprint density at radius 1 is 0.903 bits per heavy atom. The van der Waals surface area contributed by atoms with Crippen LogP contribution in [-0.2, 0) is 16.1 Å². The van der Waals surface area contributed by atoms with Crippen LogP contribution in [0.25, 0.3) is 0 Å². The maximum Gasteiger partial charge on any atom is 0.407 e. The van der Waals surface area contributed by atoms with Gasteiger partial charge in [-0.3, -0.25) is 9.59 Å². The summed E-state index contributed by atoms with van der Waals surface area (Å²) in [4.78, 5) is 37.1. The molecule has 0 saturated heterocycles. The normalized spacial score (nSPS) is 11.8. The third kappa shape index (κ3) is 9.33. The average Bonchev–Trinajstić information content (AvgIpc) is 2.74. The molecule has 7 nitrogen and oxygen atoms in total. The van der Waals surface area contributed by atoms with Crippen LogP contribution in [0.3, 0.4) is 0 Å². The highest BCUT2D eigenvalue weighted by molar-refractivity contribution is 5.97. The fourth-order valence-electron chi connectivity index (χ4n) is 2.82. The number of carbonyl (C=O) groups is 3. The van der Waals surface area contributed by atoms with Crippen molar-refractivity contribution < 1.29 is 19.1 Å². The van der Waals surface area contributed by atoms with E-state index < -0.39 is 17.7 Å². The molecular weight excluding hydrogens is 394 g/mol. The van der Waals surface area contributed by atoms with Gasteiger partial charge in [-0.15, -0.1) is 0 Å². The number of amides is 3. The molecule has 2 aromatic rings. The summed E-state index contributed by atoms with van der Waals surface area (Å²) in [5.41, 5.74) is 0.874. The molecule has 1 atom stereocenters. The maximum absolute atomic E-state index is 12.8. The van der Waals surface area contributed by atoms with Crippen LogP contribution in [0.2, 0.25) is 0 Å². The van der Waals surface area contributed by atoms with Gasteiger partial charge in [0.05, 0.1) is 0 Å². The summed E-state index contributed by atoms with van der Waals surface area (Å²) in [5.74, 6) is -0.592. The third-order valence-corrected chi connectivity index (χ3v) is 4.31. The zero-order chi connectivity index (χ0) is 22.7. The monoisotopic (exact) mass is 425 g/mol. The molecule has 0 heterocycles. The van der Waals surface area contributed by atoms with Crippen LogP contribution in [0.5, 0.6) is 0 Å². The van der Waals surface area contributed by atoms with E-state index in [0.29, 0.717) is 31.5 Å². The van der Waals surface area contributed by atoms with E-state index in [1.54, 1.807) is 45.0 Å². The molecule has 0 radical (unpaired) electrons. The topological polar surface area (TPSA) is 96.5 Å². The molecule has 0 spiro atoms. The Bertz CT molecular complexity index is 848. The predicted octanol–water partition coefficient (Wildman–Crippen LogP) is 3.41. The summed E-state index contributed by atoms with van der Waals surface area (Å²) in [6, 6.07) is 17.6. The van der Waals surface area contributed by atoms with E-state index >= 15 is 0 Å². The molecule has 0 bridgehead atoms. The van der Waals surface area contributed by atoms with E-state index in [0.717, 1.165) is 5.56 Å². The van der Waals surface area contributed by atoms with E-state index in [1.165, 1.54) is 0 Å². The third-order valence-electron chi connectivity index (χ3n) is 4.31. The van der Waals surface area contributed by atoms with Crippen molar-refractivity contribution >= 4 is 17.9 Å². The largest absolute Gasteiger partial charge is 0.444 e. The summed E-state index contributed by atoms with van der Waals surface area (Å²) < 4.78 is 5.20. The number of ether oxygens (including phenoxy) is 1. The van der Waals surface area contributed by atoms with Gasteiger partial charge in [0, 0.05) is 18.7 Å². The molecule has 3 N–H and O–H groups in total. The van der Waals surface area contributed by atoms with Gasteiger partial charge in [-0.1, -0.05) is 48.5 Å². The number of nitrogens with one attached hydrogen (secondary N) is 3. The van der Waals surface area contributed by atoms with Crippen molar-refractivity contribution in [1.29, 1.82) is 0 Å². The Morgan fingerprint density at radius 3 is 2.13 bits per heavy atom. The fourth-order valence-corrected chi connectivity index (χ4v) is 2.82. The molecule has 2 aromatic carbocycles. The van der Waals surface area contributed by atoms with Crippen LogP contribution in [0.15, 0.2) is 60.7 Å². The van der Waals surface area contributed by atoms with Crippen molar-refractivity contribution in [2.24, 2.45) is 0 Å². The van der Waals surface area contributed by atoms with Gasteiger partial charge in [0.15, 0.2) is 0 Å². The fraction of sp³-hybridized carbons (Fsp3) is 0.375. The SMILES string of the molecule is CC(C)(C)OC(=O)NCCC[C@H](NC(=O)c1ccccc1)C(=O)NCc1ccccc1. The van der Waals surface area contributed by atoms with Gasteiger partial charge in [0.25, 0.3) is 5.91 Å². The summed E-state index contributed by atoms with van der Waals surface area (Å²) in [6.45, 7) is 6.07. The summed E-state index contributed by atoms with van der Waals surface area (Å²) in [5, 5.41) is 8.34. The molecule has 0 fully saturated rings. The first kappa shape index (κ1) is 23.9. The van der Waals surface area contributed by atoms with Crippen molar-refractivity contribution in [3.8, 4) is 0 Å². The number of hydrogen-bond donors (Lipinski definition) is 3. The Balaban J connectivity index is 1.92. The van der Waals surface area contributed by atoms with Crippen LogP contribution in [0, 0.1) is 0 Å². The second-order valence-corrected chi connectivity index (χ2v) is 8.17. The molecule has 0 aliphatic carbocycles. The van der Waals surface area contributed by atoms with Crippen molar-refractivity contribution in [3.05, 3.63) is 71.8 Å². The quantitative estimate of drug-likeness (QED) is 0.537. The van der Waals surface area contributed by atoms with Crippen LogP contribution < -0.4 is 16.0 Å². The van der Waals surface area contributed by atoms with Gasteiger partial charge in [-0.2, -0.15) is 0 Å². The van der Waals surface area contributed by atoms with E-state index in [2.05, 4.69) is 16.0 Å². The Labute approximate surface area is 183 Å². The lowest BCUT2D eigenvalue weighted by Gasteiger charge is -2.21. The van der Waals surface area contributed by atoms with Gasteiger partial charge < -0.3 is 20.7 Å². The molecule has 7 heteroatoms. The van der Waals surface area contributed by atoms with Crippen LogP contribution in [0.1, 0.15) is 49.5 Å². The molecule has 0 aromatic heterocycles. The Hall–Kier alpha value is -3.35. The van der Waals surface area contributed by atoms with Gasteiger partial charge >= 0.3 is 6.09 Å². The summed E-state index contributed by atoms with van der Waals surface area (Å²) in [7, 11) is 0. The van der Waals surface area contributed by atoms with E-state index in [4.69, 9.17) is 4.74 Å². The van der Waals surface area contributed by atoms with E-state index in [-0.39, 0.29) is 11.8 Å². The Morgan fingerprint density at radius 2 is 1.52 bits per heavy atom. The summed E-state index contributed by atoms with van der Waals surface area (Å²) >= 11 is 0. The van der Waals surface area contributed by atoms with Crippen LogP contribution >= 0.6 is 0 Å². The van der Waals surface area contributed by atoms with Crippen molar-refractivity contribution in [3.63, 3.8) is 0 Å². The van der Waals surface area contributed by atoms with Crippen LogP contribution in [-0.4, -0.2) is 36.1 Å². The van der Waals surface area contributed by atoms with Gasteiger partial charge in [0.1, 0.15) is 11.6 Å². The average molecular weight is 426 g/mol. The molecule has 3 amide bonds. The van der Waals surface area contributed by atoms with Crippen molar-refractivity contribution in [2.75, 3.05) is 6.54 Å². The highest BCUT2D eigenvalue weighted by Crippen LogP contribution is 2.07. The van der Waals surface area contributed by atoms with E-state index in [9.17, 15) is 14.4 Å². The standard InChI is InChI=1S/C24H31N3O4/c1-24(2,3)31-23(30)25-16-10-15-20(27-21(28)19-13-8-5-9-14-19)22(29)26-17-18-11-6-4-7-12-18/h4-9,11-14,20H,10,15-17H2,1-3H3,(H,25,30)(H,26,29)(H,27,28)/t20-/m0/s1. The molecule has 2 rings (SSSR count). The molecule has 0 saturated carbocycles. The number of rotatable bonds is 9. The van der Waals surface area contributed by atoms with Gasteiger partial charge in [0.2, 0.25) is 5.91 Å². The van der Waals surface area contributed by atoms with Crippen molar-refractivity contribution in [2.45, 2.75) is 51.8 Å².